The first-order valence-corrected chi connectivity index (χ1v) is 6.12. The van der Waals surface area contributed by atoms with E-state index in [9.17, 15) is 0 Å². The van der Waals surface area contributed by atoms with Crippen molar-refractivity contribution in [1.29, 1.82) is 0 Å². The van der Waals surface area contributed by atoms with Gasteiger partial charge in [-0.2, -0.15) is 0 Å². The average molecular weight is 291 g/mol. The highest BCUT2D eigenvalue weighted by Gasteiger charge is 2.05. The lowest BCUT2D eigenvalue weighted by molar-refractivity contribution is 0.300. The fourth-order valence-electron chi connectivity index (χ4n) is 1.26. The molecule has 1 aliphatic rings. The summed E-state index contributed by atoms with van der Waals surface area (Å²) in [4.78, 5) is 0. The number of thiocarbonyl (C=S) groups is 1. The summed E-state index contributed by atoms with van der Waals surface area (Å²) in [7, 11) is 0. The Balaban J connectivity index is 2.27. The molecule has 0 heterocycles. The maximum absolute atomic E-state index is 8.60. The zero-order valence-electron chi connectivity index (χ0n) is 8.42. The minimum absolute atomic E-state index is 0.0914. The van der Waals surface area contributed by atoms with Crippen LogP contribution in [0, 0.1) is 0 Å². The van der Waals surface area contributed by atoms with Crippen LogP contribution in [0.3, 0.4) is 0 Å². The van der Waals surface area contributed by atoms with Crippen molar-refractivity contribution in [3.8, 4) is 0 Å². The standard InChI is InChI=1S/C10H15BrN2OS/c11-9-4-2-1-3-8(9)7-13-10(15)12-5-6-14/h3-4,14H,1-2,5-7H2,(H2,12,13,15). The van der Waals surface area contributed by atoms with Crippen molar-refractivity contribution in [3.05, 3.63) is 22.2 Å². The molecule has 1 aliphatic carbocycles. The number of rotatable bonds is 4. The molecule has 0 radical (unpaired) electrons. The quantitative estimate of drug-likeness (QED) is 0.686. The fourth-order valence-corrected chi connectivity index (χ4v) is 1.97. The predicted molar refractivity (Wildman–Crippen MR) is 70.0 cm³/mol. The van der Waals surface area contributed by atoms with Gasteiger partial charge in [-0.05, 0) is 30.6 Å². The van der Waals surface area contributed by atoms with Crippen molar-refractivity contribution in [1.82, 2.24) is 10.6 Å². The van der Waals surface area contributed by atoms with Crippen molar-refractivity contribution in [2.75, 3.05) is 19.7 Å². The topological polar surface area (TPSA) is 44.3 Å². The zero-order valence-corrected chi connectivity index (χ0v) is 10.8. The van der Waals surface area contributed by atoms with Crippen molar-refractivity contribution < 1.29 is 5.11 Å². The first-order valence-electron chi connectivity index (χ1n) is 4.91. The number of aliphatic hydroxyl groups excluding tert-OH is 1. The molecular formula is C10H15BrN2OS. The maximum Gasteiger partial charge on any atom is 0.166 e. The van der Waals surface area contributed by atoms with Crippen LogP contribution in [0.4, 0.5) is 0 Å². The molecule has 0 fully saturated rings. The fraction of sp³-hybridized carbons (Fsp3) is 0.500. The van der Waals surface area contributed by atoms with Crippen LogP contribution in [0.1, 0.15) is 12.8 Å². The molecule has 0 saturated heterocycles. The highest BCUT2D eigenvalue weighted by atomic mass is 79.9. The second-order valence-corrected chi connectivity index (χ2v) is 4.45. The second kappa shape index (κ2) is 6.98. The van der Waals surface area contributed by atoms with E-state index < -0.39 is 0 Å². The molecule has 3 nitrogen and oxygen atoms in total. The molecule has 15 heavy (non-hydrogen) atoms. The van der Waals surface area contributed by atoms with Gasteiger partial charge in [0.25, 0.3) is 0 Å². The lowest BCUT2D eigenvalue weighted by Crippen LogP contribution is -2.37. The van der Waals surface area contributed by atoms with Crippen LogP contribution >= 0.6 is 28.1 Å². The average Bonchev–Trinajstić information content (AvgIpc) is 2.25. The molecule has 0 bridgehead atoms. The molecule has 84 valence electrons. The number of nitrogens with one attached hydrogen (secondary N) is 2. The van der Waals surface area contributed by atoms with E-state index in [1.807, 2.05) is 0 Å². The van der Waals surface area contributed by atoms with E-state index in [-0.39, 0.29) is 6.61 Å². The number of aliphatic hydroxyl groups is 1. The van der Waals surface area contributed by atoms with Crippen LogP contribution in [0.15, 0.2) is 22.2 Å². The van der Waals surface area contributed by atoms with Gasteiger partial charge in [0.1, 0.15) is 0 Å². The molecule has 0 spiro atoms. The maximum atomic E-state index is 8.60. The van der Waals surface area contributed by atoms with Crippen LogP contribution in [-0.4, -0.2) is 29.9 Å². The van der Waals surface area contributed by atoms with E-state index in [0.717, 1.165) is 17.3 Å². The SMILES string of the molecule is OCCNC(=S)NCC1=CCCC=C1Br. The monoisotopic (exact) mass is 290 g/mol. The van der Waals surface area contributed by atoms with E-state index >= 15 is 0 Å². The van der Waals surface area contributed by atoms with Crippen molar-refractivity contribution in [3.63, 3.8) is 0 Å². The molecule has 0 unspecified atom stereocenters. The minimum atomic E-state index is 0.0914. The Hall–Kier alpha value is -0.390. The largest absolute Gasteiger partial charge is 0.395 e. The van der Waals surface area contributed by atoms with Crippen LogP contribution in [-0.2, 0) is 0 Å². The third kappa shape index (κ3) is 4.77. The van der Waals surface area contributed by atoms with Crippen LogP contribution in [0.25, 0.3) is 0 Å². The molecule has 0 aromatic rings. The van der Waals surface area contributed by atoms with Gasteiger partial charge in [0, 0.05) is 17.6 Å². The Morgan fingerprint density at radius 2 is 2.13 bits per heavy atom. The normalized spacial score (nSPS) is 15.3. The van der Waals surface area contributed by atoms with E-state index in [1.165, 1.54) is 5.57 Å². The number of halogens is 1. The van der Waals surface area contributed by atoms with Crippen LogP contribution < -0.4 is 10.6 Å². The Morgan fingerprint density at radius 3 is 2.80 bits per heavy atom. The lowest BCUT2D eigenvalue weighted by atomic mass is 10.1. The van der Waals surface area contributed by atoms with Gasteiger partial charge < -0.3 is 15.7 Å². The van der Waals surface area contributed by atoms with E-state index in [1.54, 1.807) is 0 Å². The van der Waals surface area contributed by atoms with E-state index in [2.05, 4.69) is 38.7 Å². The third-order valence-corrected chi connectivity index (χ3v) is 3.15. The summed E-state index contributed by atoms with van der Waals surface area (Å²) >= 11 is 8.54. The Kier molecular flexibility index (Phi) is 5.90. The first-order chi connectivity index (χ1) is 7.24. The van der Waals surface area contributed by atoms with E-state index in [0.29, 0.717) is 18.2 Å². The molecule has 0 aliphatic heterocycles. The van der Waals surface area contributed by atoms with Gasteiger partial charge in [-0.25, -0.2) is 0 Å². The molecule has 0 atom stereocenters. The molecule has 0 saturated carbocycles. The van der Waals surface area contributed by atoms with Gasteiger partial charge in [0.05, 0.1) is 6.61 Å². The third-order valence-electron chi connectivity index (χ3n) is 2.02. The van der Waals surface area contributed by atoms with Crippen molar-refractivity contribution in [2.24, 2.45) is 0 Å². The number of allylic oxidation sites excluding steroid dienone is 2. The summed E-state index contributed by atoms with van der Waals surface area (Å²) < 4.78 is 1.14. The van der Waals surface area contributed by atoms with Gasteiger partial charge in [-0.15, -0.1) is 0 Å². The summed E-state index contributed by atoms with van der Waals surface area (Å²) in [6, 6.07) is 0. The van der Waals surface area contributed by atoms with Crippen molar-refractivity contribution in [2.45, 2.75) is 12.8 Å². The molecule has 0 amide bonds. The predicted octanol–water partition coefficient (Wildman–Crippen LogP) is 1.44. The highest BCUT2D eigenvalue weighted by Crippen LogP contribution is 2.22. The Bertz CT molecular complexity index is 289. The lowest BCUT2D eigenvalue weighted by Gasteiger charge is -2.14. The summed E-state index contributed by atoms with van der Waals surface area (Å²) in [5, 5.41) is 15.2. The zero-order chi connectivity index (χ0) is 11.1. The molecule has 0 aromatic carbocycles. The minimum Gasteiger partial charge on any atom is -0.395 e. The van der Waals surface area contributed by atoms with Gasteiger partial charge >= 0.3 is 0 Å². The second-order valence-electron chi connectivity index (χ2n) is 3.19. The smallest absolute Gasteiger partial charge is 0.166 e. The van der Waals surface area contributed by atoms with Crippen molar-refractivity contribution >= 4 is 33.3 Å². The molecule has 0 aromatic heterocycles. The summed E-state index contributed by atoms with van der Waals surface area (Å²) in [5.41, 5.74) is 1.23. The molecular weight excluding hydrogens is 276 g/mol. The van der Waals surface area contributed by atoms with Gasteiger partial charge in [0.15, 0.2) is 5.11 Å². The van der Waals surface area contributed by atoms with Crippen LogP contribution in [0.2, 0.25) is 0 Å². The van der Waals surface area contributed by atoms with Gasteiger partial charge in [-0.3, -0.25) is 0 Å². The summed E-state index contributed by atoms with van der Waals surface area (Å²) in [5.74, 6) is 0. The number of hydrogen-bond donors (Lipinski definition) is 3. The number of hydrogen-bond acceptors (Lipinski definition) is 2. The Morgan fingerprint density at radius 1 is 1.40 bits per heavy atom. The Labute approximate surface area is 104 Å². The van der Waals surface area contributed by atoms with Gasteiger partial charge in [0.2, 0.25) is 0 Å². The summed E-state index contributed by atoms with van der Waals surface area (Å²) in [6.45, 7) is 1.30. The van der Waals surface area contributed by atoms with E-state index in [4.69, 9.17) is 17.3 Å². The van der Waals surface area contributed by atoms with Gasteiger partial charge in [-0.1, -0.05) is 28.1 Å². The molecule has 1 rings (SSSR count). The highest BCUT2D eigenvalue weighted by molar-refractivity contribution is 9.12. The molecule has 3 N–H and O–H groups in total. The first kappa shape index (κ1) is 12.7. The summed E-state index contributed by atoms with van der Waals surface area (Å²) in [6.07, 6.45) is 6.55. The van der Waals surface area contributed by atoms with Crippen LogP contribution in [0.5, 0.6) is 0 Å². The molecule has 5 heteroatoms.